The fraction of sp³-hybridized carbons (Fsp3) is 0.364. The molecule has 29 heavy (non-hydrogen) atoms. The van der Waals surface area contributed by atoms with Crippen molar-refractivity contribution in [1.29, 1.82) is 0 Å². The largest absolute Gasteiger partial charge is 0.351 e. The van der Waals surface area contributed by atoms with E-state index < -0.39 is 0 Å². The second-order valence-electron chi connectivity index (χ2n) is 7.29. The summed E-state index contributed by atoms with van der Waals surface area (Å²) in [7, 11) is 0. The highest BCUT2D eigenvalue weighted by Gasteiger charge is 2.23. The van der Waals surface area contributed by atoms with Crippen molar-refractivity contribution in [3.8, 4) is 5.69 Å². The van der Waals surface area contributed by atoms with Gasteiger partial charge in [-0.2, -0.15) is 0 Å². The van der Waals surface area contributed by atoms with Gasteiger partial charge < -0.3 is 15.5 Å². The van der Waals surface area contributed by atoms with Crippen LogP contribution in [0.5, 0.6) is 0 Å². The van der Waals surface area contributed by atoms with Crippen LogP contribution in [0, 0.1) is 0 Å². The maximum atomic E-state index is 12.2. The van der Waals surface area contributed by atoms with Gasteiger partial charge in [-0.3, -0.25) is 4.79 Å². The first-order valence-electron chi connectivity index (χ1n) is 10.1. The van der Waals surface area contributed by atoms with Gasteiger partial charge in [-0.25, -0.2) is 4.68 Å². The monoisotopic (exact) mass is 411 g/mol. The van der Waals surface area contributed by atoms with Crippen molar-refractivity contribution >= 4 is 35.5 Å². The molecule has 0 spiro atoms. The number of aromatic nitrogens is 2. The van der Waals surface area contributed by atoms with Gasteiger partial charge in [0.05, 0.1) is 11.0 Å². The number of fused-ring (bicyclic) bond motifs is 1. The number of hydrogen-bond donors (Lipinski definition) is 1. The van der Waals surface area contributed by atoms with Crippen molar-refractivity contribution in [1.82, 2.24) is 14.7 Å². The van der Waals surface area contributed by atoms with Crippen LogP contribution >= 0.6 is 11.6 Å². The molecule has 1 fully saturated rings. The highest BCUT2D eigenvalue weighted by molar-refractivity contribution is 6.30. The first-order chi connectivity index (χ1) is 14.2. The number of amides is 1. The van der Waals surface area contributed by atoms with Crippen molar-refractivity contribution in [2.45, 2.75) is 19.3 Å². The summed E-state index contributed by atoms with van der Waals surface area (Å²) >= 11 is 6.08. The Balaban J connectivity index is 1.70. The van der Waals surface area contributed by atoms with Crippen LogP contribution in [-0.4, -0.2) is 53.3 Å². The van der Waals surface area contributed by atoms with Crippen LogP contribution < -0.4 is 21.2 Å². The fourth-order valence-electron chi connectivity index (χ4n) is 3.83. The van der Waals surface area contributed by atoms with Crippen LogP contribution in [-0.2, 0) is 4.79 Å². The molecule has 6 nitrogen and oxygen atoms in total. The smallest absolute Gasteiger partial charge is 0.223 e. The minimum absolute atomic E-state index is 0.136. The number of rotatable bonds is 4. The molecule has 1 aromatic heterocycles. The van der Waals surface area contributed by atoms with Gasteiger partial charge in [0.25, 0.3) is 0 Å². The zero-order valence-electron chi connectivity index (χ0n) is 16.4. The third-order valence-electron chi connectivity index (χ3n) is 5.37. The highest BCUT2D eigenvalue weighted by Crippen LogP contribution is 2.15. The third kappa shape index (κ3) is 4.23. The van der Waals surface area contributed by atoms with E-state index in [-0.39, 0.29) is 5.91 Å². The lowest BCUT2D eigenvalue weighted by molar-refractivity contribution is -0.131. The number of carbonyl (C=O) groups is 1. The molecule has 2 N–H and O–H groups in total. The molecule has 4 rings (SSSR count). The predicted molar refractivity (Wildman–Crippen MR) is 118 cm³/mol. The average Bonchev–Trinajstić information content (AvgIpc) is 3.06. The molecule has 7 heteroatoms. The molecule has 2 aromatic rings. The highest BCUT2D eigenvalue weighted by atomic mass is 35.5. The summed E-state index contributed by atoms with van der Waals surface area (Å²) in [4.78, 5) is 16.3. The van der Waals surface area contributed by atoms with Gasteiger partial charge in [0, 0.05) is 49.4 Å². The number of carbonyl (C=O) groups excluding carboxylic acids is 1. The van der Waals surface area contributed by atoms with E-state index in [1.54, 1.807) is 0 Å². The summed E-state index contributed by atoms with van der Waals surface area (Å²) in [6, 6.07) is 7.76. The number of hydrogen-bond acceptors (Lipinski definition) is 4. The SMILES string of the molecule is NCCC(=O)N1CCN(c2nn(-c3ccc(Cl)cc3)c3c2=CC=CCCC=3)CC1. The summed E-state index contributed by atoms with van der Waals surface area (Å²) in [6.45, 7) is 3.31. The molecule has 1 aliphatic carbocycles. The molecule has 1 aromatic carbocycles. The van der Waals surface area contributed by atoms with Gasteiger partial charge in [0.15, 0.2) is 5.82 Å². The van der Waals surface area contributed by atoms with Crippen LogP contribution in [0.3, 0.4) is 0 Å². The van der Waals surface area contributed by atoms with Crippen molar-refractivity contribution < 1.29 is 4.79 Å². The van der Waals surface area contributed by atoms with E-state index in [0.29, 0.717) is 31.1 Å². The van der Waals surface area contributed by atoms with Gasteiger partial charge in [-0.15, -0.1) is 5.10 Å². The molecular formula is C22H26ClN5O. The number of allylic oxidation sites excluding steroid dienone is 2. The molecule has 0 atom stereocenters. The first kappa shape index (κ1) is 19.7. The summed E-state index contributed by atoms with van der Waals surface area (Å²) in [6.07, 6.45) is 11.1. The molecule has 0 radical (unpaired) electrons. The van der Waals surface area contributed by atoms with E-state index in [1.165, 1.54) is 0 Å². The molecule has 1 saturated heterocycles. The second-order valence-corrected chi connectivity index (χ2v) is 7.73. The maximum absolute atomic E-state index is 12.2. The molecule has 1 aliphatic heterocycles. The number of benzene rings is 1. The van der Waals surface area contributed by atoms with Gasteiger partial charge >= 0.3 is 0 Å². The lowest BCUT2D eigenvalue weighted by Crippen LogP contribution is -2.50. The Labute approximate surface area is 175 Å². The van der Waals surface area contributed by atoms with Gasteiger partial charge in [0.1, 0.15) is 0 Å². The number of halogens is 1. The van der Waals surface area contributed by atoms with Crippen molar-refractivity contribution in [3.05, 3.63) is 52.0 Å². The zero-order chi connectivity index (χ0) is 20.2. The molecule has 152 valence electrons. The summed E-state index contributed by atoms with van der Waals surface area (Å²) < 4.78 is 2.00. The molecule has 0 saturated carbocycles. The number of nitrogens with two attached hydrogens (primary N) is 1. The zero-order valence-corrected chi connectivity index (χ0v) is 17.2. The summed E-state index contributed by atoms with van der Waals surface area (Å²) in [5, 5.41) is 7.92. The Bertz CT molecular complexity index is 1020. The second kappa shape index (κ2) is 8.84. The van der Waals surface area contributed by atoms with E-state index in [9.17, 15) is 4.79 Å². The molecular weight excluding hydrogens is 386 g/mol. The topological polar surface area (TPSA) is 67.4 Å². The van der Waals surface area contributed by atoms with Gasteiger partial charge in [-0.1, -0.05) is 29.8 Å². The van der Waals surface area contributed by atoms with E-state index in [2.05, 4.69) is 29.2 Å². The van der Waals surface area contributed by atoms with Crippen LogP contribution in [0.15, 0.2) is 36.4 Å². The Morgan fingerprint density at radius 3 is 2.59 bits per heavy atom. The Morgan fingerprint density at radius 1 is 1.10 bits per heavy atom. The lowest BCUT2D eigenvalue weighted by Gasteiger charge is -2.35. The first-order valence-corrected chi connectivity index (χ1v) is 10.5. The van der Waals surface area contributed by atoms with Crippen LogP contribution in [0.25, 0.3) is 17.8 Å². The van der Waals surface area contributed by atoms with Gasteiger partial charge in [-0.05, 0) is 43.2 Å². The Morgan fingerprint density at radius 2 is 1.86 bits per heavy atom. The molecule has 0 unspecified atom stereocenters. The molecule has 0 bridgehead atoms. The third-order valence-corrected chi connectivity index (χ3v) is 5.62. The Hall–Kier alpha value is -2.57. The quantitative estimate of drug-likeness (QED) is 0.826. The van der Waals surface area contributed by atoms with Crippen molar-refractivity contribution in [2.24, 2.45) is 5.73 Å². The average molecular weight is 412 g/mol. The normalized spacial score (nSPS) is 16.5. The lowest BCUT2D eigenvalue weighted by atomic mass is 10.2. The minimum Gasteiger partial charge on any atom is -0.351 e. The number of nitrogens with zero attached hydrogens (tertiary/aromatic N) is 4. The van der Waals surface area contributed by atoms with E-state index in [0.717, 1.165) is 48.0 Å². The molecule has 1 amide bonds. The fourth-order valence-corrected chi connectivity index (χ4v) is 3.95. The summed E-state index contributed by atoms with van der Waals surface area (Å²) in [5.74, 6) is 1.10. The van der Waals surface area contributed by atoms with Gasteiger partial charge in [0.2, 0.25) is 5.91 Å². The molecule has 2 heterocycles. The van der Waals surface area contributed by atoms with Crippen molar-refractivity contribution in [2.75, 3.05) is 37.6 Å². The standard InChI is InChI=1S/C22H26ClN5O/c23-17-7-9-18(10-8-17)28-20-6-4-2-1-3-5-19(20)22(25-28)27-15-13-26(14-16-27)21(29)11-12-24/h1,3,5-10H,2,4,11-16,24H2. The van der Waals surface area contributed by atoms with Crippen LogP contribution in [0.1, 0.15) is 19.3 Å². The number of anilines is 1. The maximum Gasteiger partial charge on any atom is 0.223 e. The minimum atomic E-state index is 0.136. The Kier molecular flexibility index (Phi) is 6.02. The van der Waals surface area contributed by atoms with Crippen LogP contribution in [0.4, 0.5) is 5.82 Å². The van der Waals surface area contributed by atoms with E-state index in [1.807, 2.05) is 33.8 Å². The predicted octanol–water partition coefficient (Wildman–Crippen LogP) is 1.43. The van der Waals surface area contributed by atoms with Crippen molar-refractivity contribution in [3.63, 3.8) is 0 Å². The molecule has 2 aliphatic rings. The van der Waals surface area contributed by atoms with E-state index in [4.69, 9.17) is 22.4 Å². The van der Waals surface area contributed by atoms with Crippen LogP contribution in [0.2, 0.25) is 5.02 Å². The summed E-state index contributed by atoms with van der Waals surface area (Å²) in [5.41, 5.74) is 6.52. The van der Waals surface area contributed by atoms with E-state index >= 15 is 0 Å². The number of piperazine rings is 1.